The molecule has 2 heterocycles. The third-order valence-corrected chi connectivity index (χ3v) is 3.87. The summed E-state index contributed by atoms with van der Waals surface area (Å²) in [7, 11) is 0. The molecule has 0 spiro atoms. The molecule has 23 heavy (non-hydrogen) atoms. The minimum Gasteiger partial charge on any atom is -0.454 e. The maximum Gasteiger partial charge on any atom is 0.231 e. The average molecular weight is 332 g/mol. The van der Waals surface area contributed by atoms with Crippen LogP contribution in [0, 0.1) is 16.4 Å². The van der Waals surface area contributed by atoms with Crippen molar-refractivity contribution in [2.24, 2.45) is 0 Å². The smallest absolute Gasteiger partial charge is 0.231 e. The number of nitrogens with zero attached hydrogens (tertiary/aromatic N) is 1. The zero-order chi connectivity index (χ0) is 16.0. The van der Waals surface area contributed by atoms with Gasteiger partial charge in [-0.05, 0) is 42.5 Å². The van der Waals surface area contributed by atoms with Crippen molar-refractivity contribution in [3.63, 3.8) is 0 Å². The number of rotatable bonds is 2. The standard InChI is InChI=1S/C16H10F2N2O2S/c17-10-2-3-13(11(18)6-10)20-7-12(19-16(20)23)9-1-4-14-15(5-9)22-8-21-14/h1-7H,8H2,(H,19,23). The Balaban J connectivity index is 1.79. The van der Waals surface area contributed by atoms with Gasteiger partial charge >= 0.3 is 0 Å². The molecule has 0 saturated heterocycles. The van der Waals surface area contributed by atoms with Gasteiger partial charge in [-0.15, -0.1) is 0 Å². The van der Waals surface area contributed by atoms with Gasteiger partial charge in [-0.25, -0.2) is 8.78 Å². The Kier molecular flexibility index (Phi) is 3.16. The topological polar surface area (TPSA) is 39.2 Å². The van der Waals surface area contributed by atoms with E-state index >= 15 is 0 Å². The lowest BCUT2D eigenvalue weighted by Gasteiger charge is -2.03. The molecule has 0 bridgehead atoms. The number of imidazole rings is 1. The van der Waals surface area contributed by atoms with E-state index in [4.69, 9.17) is 21.7 Å². The summed E-state index contributed by atoms with van der Waals surface area (Å²) in [6.45, 7) is 0.191. The number of hydrogen-bond acceptors (Lipinski definition) is 3. The largest absolute Gasteiger partial charge is 0.454 e. The molecule has 1 N–H and O–H groups in total. The molecule has 0 saturated carbocycles. The molecular weight excluding hydrogens is 322 g/mol. The molecule has 7 heteroatoms. The van der Waals surface area contributed by atoms with Crippen molar-refractivity contribution in [3.8, 4) is 28.4 Å². The third kappa shape index (κ3) is 2.39. The highest BCUT2D eigenvalue weighted by Gasteiger charge is 2.15. The normalized spacial score (nSPS) is 12.6. The molecule has 0 radical (unpaired) electrons. The molecule has 2 aromatic carbocycles. The fourth-order valence-electron chi connectivity index (χ4n) is 2.46. The highest BCUT2D eigenvalue weighted by molar-refractivity contribution is 7.71. The van der Waals surface area contributed by atoms with Gasteiger partial charge in [-0.1, -0.05) is 0 Å². The first-order valence-electron chi connectivity index (χ1n) is 6.79. The lowest BCUT2D eigenvalue weighted by molar-refractivity contribution is 0.174. The summed E-state index contributed by atoms with van der Waals surface area (Å²) in [5.41, 5.74) is 1.69. The number of nitrogens with one attached hydrogen (secondary N) is 1. The number of ether oxygens (including phenoxy) is 2. The number of benzene rings is 2. The predicted octanol–water partition coefficient (Wildman–Crippen LogP) is 4.21. The van der Waals surface area contributed by atoms with Crippen LogP contribution in [-0.4, -0.2) is 16.3 Å². The van der Waals surface area contributed by atoms with Crippen molar-refractivity contribution in [2.45, 2.75) is 0 Å². The summed E-state index contributed by atoms with van der Waals surface area (Å²) in [4.78, 5) is 3.01. The second-order valence-corrected chi connectivity index (χ2v) is 5.39. The molecule has 0 aliphatic carbocycles. The lowest BCUT2D eigenvalue weighted by atomic mass is 10.1. The summed E-state index contributed by atoms with van der Waals surface area (Å²) in [6.07, 6.45) is 1.66. The highest BCUT2D eigenvalue weighted by Crippen LogP contribution is 2.35. The molecule has 1 aromatic heterocycles. The van der Waals surface area contributed by atoms with Crippen LogP contribution in [0.15, 0.2) is 42.6 Å². The Morgan fingerprint density at radius 1 is 1.04 bits per heavy atom. The van der Waals surface area contributed by atoms with Crippen LogP contribution < -0.4 is 9.47 Å². The van der Waals surface area contributed by atoms with Crippen molar-refractivity contribution < 1.29 is 18.3 Å². The fraction of sp³-hybridized carbons (Fsp3) is 0.0625. The van der Waals surface area contributed by atoms with E-state index in [2.05, 4.69) is 4.98 Å². The maximum absolute atomic E-state index is 14.0. The Morgan fingerprint density at radius 2 is 1.87 bits per heavy atom. The molecule has 0 fully saturated rings. The van der Waals surface area contributed by atoms with Crippen LogP contribution >= 0.6 is 12.2 Å². The van der Waals surface area contributed by atoms with Crippen LogP contribution in [0.3, 0.4) is 0 Å². The van der Waals surface area contributed by atoms with Gasteiger partial charge in [-0.3, -0.25) is 4.57 Å². The highest BCUT2D eigenvalue weighted by atomic mass is 32.1. The molecule has 3 aromatic rings. The minimum absolute atomic E-state index is 0.180. The Hall–Kier alpha value is -2.67. The summed E-state index contributed by atoms with van der Waals surface area (Å²) in [5.74, 6) is 0.000486. The monoisotopic (exact) mass is 332 g/mol. The van der Waals surface area contributed by atoms with Gasteiger partial charge in [0.1, 0.15) is 11.6 Å². The van der Waals surface area contributed by atoms with E-state index in [0.717, 1.165) is 11.6 Å². The lowest BCUT2D eigenvalue weighted by Crippen LogP contribution is -1.96. The van der Waals surface area contributed by atoms with E-state index in [-0.39, 0.29) is 12.5 Å². The Bertz CT molecular complexity index is 965. The van der Waals surface area contributed by atoms with Gasteiger partial charge in [0.15, 0.2) is 16.3 Å². The molecule has 0 unspecified atom stereocenters. The van der Waals surface area contributed by atoms with Gasteiger partial charge in [0.05, 0.1) is 11.4 Å². The molecule has 1 aliphatic rings. The predicted molar refractivity (Wildman–Crippen MR) is 82.4 cm³/mol. The van der Waals surface area contributed by atoms with Crippen LogP contribution in [-0.2, 0) is 0 Å². The fourth-order valence-corrected chi connectivity index (χ4v) is 2.72. The number of fused-ring (bicyclic) bond motifs is 1. The number of aromatic nitrogens is 2. The summed E-state index contributed by atoms with van der Waals surface area (Å²) in [6, 6.07) is 8.81. The molecule has 0 atom stereocenters. The summed E-state index contributed by atoms with van der Waals surface area (Å²) in [5, 5.41) is 0. The number of halogens is 2. The van der Waals surface area contributed by atoms with Crippen molar-refractivity contribution in [3.05, 3.63) is 59.0 Å². The quantitative estimate of drug-likeness (QED) is 0.715. The van der Waals surface area contributed by atoms with E-state index in [1.807, 2.05) is 12.1 Å². The molecule has 1 aliphatic heterocycles. The third-order valence-electron chi connectivity index (χ3n) is 3.57. The Morgan fingerprint density at radius 3 is 2.70 bits per heavy atom. The maximum atomic E-state index is 14.0. The first-order chi connectivity index (χ1) is 11.1. The van der Waals surface area contributed by atoms with E-state index in [0.29, 0.717) is 22.0 Å². The van der Waals surface area contributed by atoms with E-state index < -0.39 is 11.6 Å². The first kappa shape index (κ1) is 14.0. The van der Waals surface area contributed by atoms with Crippen LogP contribution in [0.4, 0.5) is 8.78 Å². The SMILES string of the molecule is Fc1ccc(-n2cc(-c3ccc4c(c3)OCO4)[nH]c2=S)c(F)c1. The Labute approximate surface area is 134 Å². The van der Waals surface area contributed by atoms with E-state index in [1.54, 1.807) is 12.3 Å². The second kappa shape index (κ2) is 5.20. The zero-order valence-corrected chi connectivity index (χ0v) is 12.5. The van der Waals surface area contributed by atoms with Crippen molar-refractivity contribution in [1.82, 2.24) is 9.55 Å². The first-order valence-corrected chi connectivity index (χ1v) is 7.20. The van der Waals surface area contributed by atoms with Crippen molar-refractivity contribution in [1.29, 1.82) is 0 Å². The van der Waals surface area contributed by atoms with Crippen LogP contribution in [0.2, 0.25) is 0 Å². The molecule has 4 rings (SSSR count). The minimum atomic E-state index is -0.683. The van der Waals surface area contributed by atoms with Crippen LogP contribution in [0.5, 0.6) is 11.5 Å². The molecule has 4 nitrogen and oxygen atoms in total. The molecular formula is C16H10F2N2O2S. The van der Waals surface area contributed by atoms with Gasteiger partial charge in [-0.2, -0.15) is 0 Å². The van der Waals surface area contributed by atoms with Crippen LogP contribution in [0.25, 0.3) is 16.9 Å². The number of H-pyrrole nitrogens is 1. The van der Waals surface area contributed by atoms with Crippen molar-refractivity contribution >= 4 is 12.2 Å². The molecule has 0 amide bonds. The summed E-state index contributed by atoms with van der Waals surface area (Å²) >= 11 is 5.24. The zero-order valence-electron chi connectivity index (χ0n) is 11.7. The average Bonchev–Trinajstić information content (AvgIpc) is 3.13. The van der Waals surface area contributed by atoms with Gasteiger partial charge in [0.2, 0.25) is 6.79 Å². The summed E-state index contributed by atoms with van der Waals surface area (Å²) < 4.78 is 39.4. The van der Waals surface area contributed by atoms with Gasteiger partial charge in [0.25, 0.3) is 0 Å². The van der Waals surface area contributed by atoms with E-state index in [1.165, 1.54) is 16.7 Å². The van der Waals surface area contributed by atoms with Gasteiger partial charge < -0.3 is 14.5 Å². The van der Waals surface area contributed by atoms with Gasteiger partial charge in [0, 0.05) is 17.8 Å². The number of aromatic amines is 1. The second-order valence-electron chi connectivity index (χ2n) is 5.01. The molecule has 116 valence electrons. The van der Waals surface area contributed by atoms with Crippen LogP contribution in [0.1, 0.15) is 0 Å². The van der Waals surface area contributed by atoms with E-state index in [9.17, 15) is 8.78 Å². The van der Waals surface area contributed by atoms with Crippen molar-refractivity contribution in [2.75, 3.05) is 6.79 Å². The number of hydrogen-bond donors (Lipinski definition) is 1.